The molecule has 132 valence electrons. The van der Waals surface area contributed by atoms with Crippen molar-refractivity contribution in [1.82, 2.24) is 5.32 Å². The summed E-state index contributed by atoms with van der Waals surface area (Å²) in [4.78, 5) is 24.4. The molecule has 1 N–H and O–H groups in total. The highest BCUT2D eigenvalue weighted by molar-refractivity contribution is 6.33. The number of carbonyl (C=O) groups is 2. The normalized spacial score (nSPS) is 25.0. The maximum Gasteiger partial charge on any atom is 0.340 e. The first-order chi connectivity index (χ1) is 11.3. The van der Waals surface area contributed by atoms with Crippen LogP contribution in [0.2, 0.25) is 5.02 Å². The van der Waals surface area contributed by atoms with Crippen LogP contribution in [0.3, 0.4) is 0 Å². The van der Waals surface area contributed by atoms with Crippen LogP contribution in [0.5, 0.6) is 0 Å². The van der Waals surface area contributed by atoms with Crippen LogP contribution in [0, 0.1) is 17.7 Å². The second kappa shape index (κ2) is 7.97. The minimum atomic E-state index is -0.942. The van der Waals surface area contributed by atoms with Crippen molar-refractivity contribution < 1.29 is 18.7 Å². The van der Waals surface area contributed by atoms with Crippen molar-refractivity contribution in [2.24, 2.45) is 11.8 Å². The highest BCUT2D eigenvalue weighted by Crippen LogP contribution is 2.29. The molecule has 0 heterocycles. The van der Waals surface area contributed by atoms with Crippen molar-refractivity contribution in [3.05, 3.63) is 34.6 Å². The maximum absolute atomic E-state index is 13.0. The Bertz CT molecular complexity index is 622. The van der Waals surface area contributed by atoms with Gasteiger partial charge in [0.2, 0.25) is 0 Å². The predicted molar refractivity (Wildman–Crippen MR) is 90.4 cm³/mol. The SMILES string of the molecule is C[C@@H]1[C@H](C)CCC[C@H]1NC(=O)[C@@H](C)OC(=O)c1ccc(F)cc1Cl. The van der Waals surface area contributed by atoms with Crippen LogP contribution in [0.1, 0.15) is 50.4 Å². The number of halogens is 2. The Kier molecular flexibility index (Phi) is 6.21. The lowest BCUT2D eigenvalue weighted by Gasteiger charge is -2.35. The molecule has 4 atom stereocenters. The number of ether oxygens (including phenoxy) is 1. The number of hydrogen-bond acceptors (Lipinski definition) is 3. The Hall–Kier alpha value is -1.62. The van der Waals surface area contributed by atoms with Crippen molar-refractivity contribution in [2.45, 2.75) is 52.2 Å². The van der Waals surface area contributed by atoms with Gasteiger partial charge < -0.3 is 10.1 Å². The molecule has 1 aliphatic rings. The topological polar surface area (TPSA) is 55.4 Å². The van der Waals surface area contributed by atoms with E-state index in [4.69, 9.17) is 16.3 Å². The largest absolute Gasteiger partial charge is 0.449 e. The van der Waals surface area contributed by atoms with E-state index in [-0.39, 0.29) is 22.5 Å². The summed E-state index contributed by atoms with van der Waals surface area (Å²) in [5, 5.41) is 2.93. The third-order valence-corrected chi connectivity index (χ3v) is 5.15. The Labute approximate surface area is 146 Å². The fourth-order valence-electron chi connectivity index (χ4n) is 3.02. The molecule has 0 bridgehead atoms. The lowest BCUT2D eigenvalue weighted by Crippen LogP contribution is -2.47. The van der Waals surface area contributed by atoms with Gasteiger partial charge in [-0.25, -0.2) is 9.18 Å². The second-order valence-electron chi connectivity index (χ2n) is 6.55. The smallest absolute Gasteiger partial charge is 0.340 e. The summed E-state index contributed by atoms with van der Waals surface area (Å²) < 4.78 is 18.2. The van der Waals surface area contributed by atoms with E-state index in [9.17, 15) is 14.0 Å². The molecule has 4 nitrogen and oxygen atoms in total. The Morgan fingerprint density at radius 1 is 1.33 bits per heavy atom. The number of hydrogen-bond donors (Lipinski definition) is 1. The van der Waals surface area contributed by atoms with Crippen molar-refractivity contribution in [3.63, 3.8) is 0 Å². The summed E-state index contributed by atoms with van der Waals surface area (Å²) >= 11 is 5.84. The van der Waals surface area contributed by atoms with Gasteiger partial charge in [0.15, 0.2) is 6.10 Å². The van der Waals surface area contributed by atoms with Gasteiger partial charge in [-0.15, -0.1) is 0 Å². The number of nitrogens with one attached hydrogen (secondary N) is 1. The molecule has 1 fully saturated rings. The Morgan fingerprint density at radius 2 is 2.04 bits per heavy atom. The minimum Gasteiger partial charge on any atom is -0.449 e. The predicted octanol–water partition coefficient (Wildman–Crippen LogP) is 3.97. The van der Waals surface area contributed by atoms with Crippen LogP contribution >= 0.6 is 11.6 Å². The van der Waals surface area contributed by atoms with Crippen molar-refractivity contribution >= 4 is 23.5 Å². The number of rotatable bonds is 4. The van der Waals surface area contributed by atoms with Crippen LogP contribution < -0.4 is 5.32 Å². The molecule has 1 aliphatic carbocycles. The zero-order chi connectivity index (χ0) is 17.9. The van der Waals surface area contributed by atoms with E-state index in [1.807, 2.05) is 0 Å². The Balaban J connectivity index is 1.94. The van der Waals surface area contributed by atoms with E-state index in [0.717, 1.165) is 25.0 Å². The van der Waals surface area contributed by atoms with Crippen LogP contribution in [0.25, 0.3) is 0 Å². The molecule has 0 aromatic heterocycles. The van der Waals surface area contributed by atoms with Gasteiger partial charge in [-0.3, -0.25) is 4.79 Å². The zero-order valence-electron chi connectivity index (χ0n) is 14.1. The fraction of sp³-hybridized carbons (Fsp3) is 0.556. The molecule has 1 aromatic rings. The summed E-state index contributed by atoms with van der Waals surface area (Å²) in [5.41, 5.74) is 0.0392. The van der Waals surface area contributed by atoms with Gasteiger partial charge in [0.1, 0.15) is 5.82 Å². The molecule has 0 unspecified atom stereocenters. The van der Waals surface area contributed by atoms with Crippen LogP contribution in [0.4, 0.5) is 4.39 Å². The molecular formula is C18H23ClFNO3. The second-order valence-corrected chi connectivity index (χ2v) is 6.96. The van der Waals surface area contributed by atoms with E-state index < -0.39 is 17.9 Å². The third-order valence-electron chi connectivity index (χ3n) is 4.84. The zero-order valence-corrected chi connectivity index (χ0v) is 14.9. The lowest BCUT2D eigenvalue weighted by molar-refractivity contribution is -0.130. The fourth-order valence-corrected chi connectivity index (χ4v) is 3.26. The number of carbonyl (C=O) groups excluding carboxylic acids is 2. The van der Waals surface area contributed by atoms with Crippen molar-refractivity contribution in [1.29, 1.82) is 0 Å². The monoisotopic (exact) mass is 355 g/mol. The molecule has 0 aliphatic heterocycles. The summed E-state index contributed by atoms with van der Waals surface area (Å²) in [6, 6.07) is 3.50. The van der Waals surface area contributed by atoms with E-state index >= 15 is 0 Å². The van der Waals surface area contributed by atoms with Gasteiger partial charge in [-0.05, 0) is 43.4 Å². The number of esters is 1. The molecule has 2 rings (SSSR count). The van der Waals surface area contributed by atoms with E-state index in [1.165, 1.54) is 19.4 Å². The molecule has 1 saturated carbocycles. The highest BCUT2D eigenvalue weighted by atomic mass is 35.5. The first kappa shape index (κ1) is 18.7. The van der Waals surface area contributed by atoms with Crippen LogP contribution in [-0.2, 0) is 9.53 Å². The summed E-state index contributed by atoms with van der Waals surface area (Å²) in [7, 11) is 0. The van der Waals surface area contributed by atoms with Crippen molar-refractivity contribution in [3.8, 4) is 0 Å². The molecule has 1 amide bonds. The van der Waals surface area contributed by atoms with Gasteiger partial charge in [-0.2, -0.15) is 0 Å². The average molecular weight is 356 g/mol. The third kappa shape index (κ3) is 4.47. The van der Waals surface area contributed by atoms with Gasteiger partial charge in [0.05, 0.1) is 10.6 Å². The molecule has 24 heavy (non-hydrogen) atoms. The van der Waals surface area contributed by atoms with E-state index in [2.05, 4.69) is 19.2 Å². The molecule has 0 saturated heterocycles. The van der Waals surface area contributed by atoms with Gasteiger partial charge >= 0.3 is 5.97 Å². The minimum absolute atomic E-state index is 0.0392. The van der Waals surface area contributed by atoms with Crippen molar-refractivity contribution in [2.75, 3.05) is 0 Å². The van der Waals surface area contributed by atoms with Crippen LogP contribution in [-0.4, -0.2) is 24.0 Å². The van der Waals surface area contributed by atoms with Crippen LogP contribution in [0.15, 0.2) is 18.2 Å². The first-order valence-corrected chi connectivity index (χ1v) is 8.63. The highest BCUT2D eigenvalue weighted by Gasteiger charge is 2.30. The number of benzene rings is 1. The van der Waals surface area contributed by atoms with E-state index in [0.29, 0.717) is 11.8 Å². The first-order valence-electron chi connectivity index (χ1n) is 8.26. The standard InChI is InChI=1S/C18H23ClFNO3/c1-10-5-4-6-16(11(10)2)21-17(22)12(3)24-18(23)14-8-7-13(20)9-15(14)19/h7-12,16H,4-6H2,1-3H3,(H,21,22)/t10-,11-,12-,16-/m1/s1. The average Bonchev–Trinajstić information content (AvgIpc) is 2.51. The maximum atomic E-state index is 13.0. The summed E-state index contributed by atoms with van der Waals surface area (Å²) in [6.45, 7) is 5.83. The molecule has 0 radical (unpaired) electrons. The quantitative estimate of drug-likeness (QED) is 0.831. The summed E-state index contributed by atoms with van der Waals surface area (Å²) in [6.07, 6.45) is 2.24. The molecular weight excluding hydrogens is 333 g/mol. The number of amides is 1. The van der Waals surface area contributed by atoms with Gasteiger partial charge in [-0.1, -0.05) is 38.3 Å². The summed E-state index contributed by atoms with van der Waals surface area (Å²) in [5.74, 6) is -0.667. The molecule has 1 aromatic carbocycles. The van der Waals surface area contributed by atoms with Gasteiger partial charge in [0.25, 0.3) is 5.91 Å². The molecule has 0 spiro atoms. The lowest BCUT2D eigenvalue weighted by atomic mass is 9.78. The van der Waals surface area contributed by atoms with E-state index in [1.54, 1.807) is 0 Å². The Morgan fingerprint density at radius 3 is 2.71 bits per heavy atom. The van der Waals surface area contributed by atoms with Gasteiger partial charge in [0, 0.05) is 6.04 Å². The molecule has 6 heteroatoms.